The van der Waals surface area contributed by atoms with Crippen LogP contribution < -0.4 is 5.32 Å². The molecule has 0 aromatic carbocycles. The van der Waals surface area contributed by atoms with Gasteiger partial charge in [0.25, 0.3) is 11.8 Å². The molecule has 1 aromatic rings. The van der Waals surface area contributed by atoms with Crippen molar-refractivity contribution in [1.82, 2.24) is 23.9 Å². The Labute approximate surface area is 158 Å². The van der Waals surface area contributed by atoms with Gasteiger partial charge in [-0.3, -0.25) is 9.59 Å². The van der Waals surface area contributed by atoms with Crippen molar-refractivity contribution >= 4 is 23.5 Å². The number of aryl methyl sites for hydroxylation is 1. The number of aromatic nitrogens is 2. The molecule has 2 aliphatic rings. The third-order valence-electron chi connectivity index (χ3n) is 5.43. The first-order valence-electron chi connectivity index (χ1n) is 9.20. The molecule has 1 aromatic heterocycles. The fraction of sp³-hybridized carbons (Fsp3) is 0.765. The quantitative estimate of drug-likeness (QED) is 0.780. The van der Waals surface area contributed by atoms with Crippen LogP contribution in [-0.4, -0.2) is 82.3 Å². The van der Waals surface area contributed by atoms with E-state index < -0.39 is 5.60 Å². The number of hydrogen-bond acceptors (Lipinski definition) is 7. The minimum atomic E-state index is -0.850. The number of likely N-dealkylation sites (tertiary alicyclic amines) is 2. The molecule has 1 N–H and O–H groups in total. The highest BCUT2D eigenvalue weighted by molar-refractivity contribution is 6.99. The van der Waals surface area contributed by atoms with Crippen LogP contribution in [0.3, 0.4) is 0 Å². The number of amides is 2. The molecule has 0 atom stereocenters. The van der Waals surface area contributed by atoms with E-state index in [1.54, 1.807) is 18.9 Å². The number of carbonyl (C=O) groups excluding carboxylic acids is 2. The topological polar surface area (TPSA) is 87.7 Å². The van der Waals surface area contributed by atoms with Crippen molar-refractivity contribution in [3.8, 4) is 0 Å². The summed E-state index contributed by atoms with van der Waals surface area (Å²) in [5.41, 5.74) is 0.218. The van der Waals surface area contributed by atoms with Crippen molar-refractivity contribution in [3.63, 3.8) is 0 Å². The summed E-state index contributed by atoms with van der Waals surface area (Å²) < 4.78 is 13.8. The van der Waals surface area contributed by atoms with Crippen molar-refractivity contribution < 1.29 is 14.3 Å². The number of rotatable bonds is 6. The third kappa shape index (κ3) is 4.05. The second-order valence-electron chi connectivity index (χ2n) is 6.99. The molecule has 3 heterocycles. The number of nitrogens with zero attached hydrogens (tertiary/aromatic N) is 4. The average molecular weight is 382 g/mol. The van der Waals surface area contributed by atoms with Gasteiger partial charge in [0.05, 0.1) is 17.4 Å². The number of methoxy groups -OCH3 is 1. The predicted molar refractivity (Wildman–Crippen MR) is 98.2 cm³/mol. The van der Waals surface area contributed by atoms with E-state index in [0.717, 1.165) is 31.4 Å². The van der Waals surface area contributed by atoms with Gasteiger partial charge in [0.1, 0.15) is 5.60 Å². The van der Waals surface area contributed by atoms with Gasteiger partial charge in [-0.05, 0) is 32.9 Å². The highest BCUT2D eigenvalue weighted by Crippen LogP contribution is 2.27. The first-order valence-corrected chi connectivity index (χ1v) is 9.93. The molecule has 0 aliphatic carbocycles. The SMILES string of the molecule is COC1(C(=O)NCCN2CCCC2)CCN(C(=O)c2nsnc2C)CC1. The summed E-state index contributed by atoms with van der Waals surface area (Å²) in [6, 6.07) is 0. The van der Waals surface area contributed by atoms with E-state index in [1.807, 2.05) is 0 Å². The van der Waals surface area contributed by atoms with Crippen LogP contribution in [0, 0.1) is 6.92 Å². The zero-order valence-electron chi connectivity index (χ0n) is 15.5. The Hall–Kier alpha value is -1.58. The maximum absolute atomic E-state index is 12.7. The minimum absolute atomic E-state index is 0.0715. The Morgan fingerprint density at radius 1 is 1.19 bits per heavy atom. The Bertz CT molecular complexity index is 636. The lowest BCUT2D eigenvalue weighted by molar-refractivity contribution is -0.148. The van der Waals surface area contributed by atoms with E-state index in [1.165, 1.54) is 12.8 Å². The molecule has 3 rings (SSSR count). The number of ether oxygens (including phenoxy) is 1. The number of hydrogen-bond donors (Lipinski definition) is 1. The minimum Gasteiger partial charge on any atom is -0.368 e. The van der Waals surface area contributed by atoms with Gasteiger partial charge >= 0.3 is 0 Å². The van der Waals surface area contributed by atoms with Gasteiger partial charge < -0.3 is 19.9 Å². The lowest BCUT2D eigenvalue weighted by Crippen LogP contribution is -2.56. The second kappa shape index (κ2) is 8.41. The first-order chi connectivity index (χ1) is 12.6. The van der Waals surface area contributed by atoms with E-state index >= 15 is 0 Å². The van der Waals surface area contributed by atoms with Gasteiger partial charge in [-0.25, -0.2) is 0 Å². The molecule has 0 bridgehead atoms. The summed E-state index contributed by atoms with van der Waals surface area (Å²) in [6.07, 6.45) is 3.46. The highest BCUT2D eigenvalue weighted by Gasteiger charge is 2.42. The van der Waals surface area contributed by atoms with Crippen molar-refractivity contribution in [1.29, 1.82) is 0 Å². The van der Waals surface area contributed by atoms with Gasteiger partial charge in [0.2, 0.25) is 0 Å². The number of nitrogens with one attached hydrogen (secondary N) is 1. The van der Waals surface area contributed by atoms with Crippen LogP contribution in [0.5, 0.6) is 0 Å². The Balaban J connectivity index is 1.51. The largest absolute Gasteiger partial charge is 0.368 e. The predicted octanol–water partition coefficient (Wildman–Crippen LogP) is 0.680. The van der Waals surface area contributed by atoms with Crippen LogP contribution >= 0.6 is 11.7 Å². The summed E-state index contributed by atoms with van der Waals surface area (Å²) in [5.74, 6) is -0.187. The van der Waals surface area contributed by atoms with E-state index in [0.29, 0.717) is 43.9 Å². The molecule has 2 amide bonds. The summed E-state index contributed by atoms with van der Waals surface area (Å²) >= 11 is 1.05. The second-order valence-corrected chi connectivity index (χ2v) is 7.52. The molecule has 2 fully saturated rings. The van der Waals surface area contributed by atoms with Gasteiger partial charge in [-0.15, -0.1) is 0 Å². The van der Waals surface area contributed by atoms with E-state index in [4.69, 9.17) is 4.74 Å². The van der Waals surface area contributed by atoms with E-state index in [-0.39, 0.29) is 11.8 Å². The Morgan fingerprint density at radius 2 is 1.88 bits per heavy atom. The van der Waals surface area contributed by atoms with Crippen molar-refractivity contribution in [2.45, 2.75) is 38.2 Å². The standard InChI is InChI=1S/C17H27N5O3S/c1-13-14(20-26-19-13)15(23)22-10-5-17(25-2,6-11-22)16(24)18-7-12-21-8-3-4-9-21/h3-12H2,1-2H3,(H,18,24). The maximum Gasteiger partial charge on any atom is 0.275 e. The van der Waals surface area contributed by atoms with Crippen molar-refractivity contribution in [2.75, 3.05) is 46.4 Å². The van der Waals surface area contributed by atoms with Crippen LogP contribution in [0.4, 0.5) is 0 Å². The molecule has 8 nitrogen and oxygen atoms in total. The molecular weight excluding hydrogens is 354 g/mol. The summed E-state index contributed by atoms with van der Waals surface area (Å²) in [7, 11) is 1.58. The molecular formula is C17H27N5O3S. The van der Waals surface area contributed by atoms with E-state index in [9.17, 15) is 9.59 Å². The van der Waals surface area contributed by atoms with Crippen molar-refractivity contribution in [2.24, 2.45) is 0 Å². The normalized spacial score (nSPS) is 20.3. The summed E-state index contributed by atoms with van der Waals surface area (Å²) in [5, 5.41) is 3.02. The molecule has 0 radical (unpaired) electrons. The van der Waals surface area contributed by atoms with Gasteiger partial charge in [0, 0.05) is 46.1 Å². The van der Waals surface area contributed by atoms with Crippen LogP contribution in [0.15, 0.2) is 0 Å². The summed E-state index contributed by atoms with van der Waals surface area (Å²) in [4.78, 5) is 29.4. The smallest absolute Gasteiger partial charge is 0.275 e. The van der Waals surface area contributed by atoms with E-state index in [2.05, 4.69) is 19.0 Å². The van der Waals surface area contributed by atoms with Gasteiger partial charge in [-0.2, -0.15) is 8.75 Å². The maximum atomic E-state index is 12.7. The highest BCUT2D eigenvalue weighted by atomic mass is 32.1. The average Bonchev–Trinajstić information content (AvgIpc) is 3.32. The Kier molecular flexibility index (Phi) is 6.20. The molecule has 9 heteroatoms. The fourth-order valence-corrected chi connectivity index (χ4v) is 4.21. The third-order valence-corrected chi connectivity index (χ3v) is 6.05. The Morgan fingerprint density at radius 3 is 2.46 bits per heavy atom. The number of piperidine rings is 1. The molecule has 0 saturated carbocycles. The first kappa shape index (κ1) is 19.2. The molecule has 0 unspecified atom stereocenters. The number of carbonyl (C=O) groups is 2. The molecule has 26 heavy (non-hydrogen) atoms. The molecule has 0 spiro atoms. The fourth-order valence-electron chi connectivity index (χ4n) is 3.67. The monoisotopic (exact) mass is 381 g/mol. The lowest BCUT2D eigenvalue weighted by Gasteiger charge is -2.39. The van der Waals surface area contributed by atoms with Crippen LogP contribution in [0.25, 0.3) is 0 Å². The van der Waals surface area contributed by atoms with Crippen LogP contribution in [0.2, 0.25) is 0 Å². The lowest BCUT2D eigenvalue weighted by atomic mass is 9.89. The molecule has 2 aliphatic heterocycles. The van der Waals surface area contributed by atoms with Gasteiger partial charge in [-0.1, -0.05) is 0 Å². The zero-order chi connectivity index (χ0) is 18.6. The summed E-state index contributed by atoms with van der Waals surface area (Å²) in [6.45, 7) is 6.49. The van der Waals surface area contributed by atoms with Crippen molar-refractivity contribution in [3.05, 3.63) is 11.4 Å². The van der Waals surface area contributed by atoms with Crippen LogP contribution in [-0.2, 0) is 9.53 Å². The van der Waals surface area contributed by atoms with Gasteiger partial charge in [0.15, 0.2) is 5.69 Å². The molecule has 2 saturated heterocycles. The zero-order valence-corrected chi connectivity index (χ0v) is 16.3. The van der Waals surface area contributed by atoms with Crippen LogP contribution in [0.1, 0.15) is 41.9 Å². The molecule has 144 valence electrons.